The Kier molecular flexibility index (Phi) is 3.41. The van der Waals surface area contributed by atoms with Crippen molar-refractivity contribution in [3.05, 3.63) is 52.0 Å². The molecule has 0 radical (unpaired) electrons. The van der Waals surface area contributed by atoms with Crippen LogP contribution in [0.15, 0.2) is 41.1 Å². The van der Waals surface area contributed by atoms with E-state index in [0.29, 0.717) is 10.2 Å². The van der Waals surface area contributed by atoms with Crippen LogP contribution < -0.4 is 4.74 Å². The number of benzene rings is 1. The van der Waals surface area contributed by atoms with Crippen LogP contribution in [0, 0.1) is 5.82 Å². The van der Waals surface area contributed by atoms with Crippen molar-refractivity contribution in [1.29, 1.82) is 0 Å². The molecule has 2 aromatic rings. The van der Waals surface area contributed by atoms with E-state index in [2.05, 4.69) is 20.9 Å². The number of pyridine rings is 1. The lowest BCUT2D eigenvalue weighted by atomic mass is 10.3. The van der Waals surface area contributed by atoms with Gasteiger partial charge in [-0.15, -0.1) is 0 Å². The van der Waals surface area contributed by atoms with Crippen LogP contribution in [0.2, 0.25) is 5.02 Å². The first-order valence-corrected chi connectivity index (χ1v) is 5.57. The fourth-order valence-corrected chi connectivity index (χ4v) is 1.62. The lowest BCUT2D eigenvalue weighted by molar-refractivity contribution is 0.439. The van der Waals surface area contributed by atoms with Gasteiger partial charge < -0.3 is 4.74 Å². The minimum Gasteiger partial charge on any atom is -0.453 e. The Morgan fingerprint density at radius 1 is 1.25 bits per heavy atom. The molecule has 0 saturated heterocycles. The first kappa shape index (κ1) is 11.4. The average Bonchev–Trinajstić information content (AvgIpc) is 2.28. The van der Waals surface area contributed by atoms with Gasteiger partial charge in [-0.2, -0.15) is 0 Å². The predicted molar refractivity (Wildman–Crippen MR) is 63.4 cm³/mol. The molecule has 0 atom stereocenters. The number of halogens is 3. The zero-order chi connectivity index (χ0) is 11.5. The van der Waals surface area contributed by atoms with Crippen LogP contribution in [-0.4, -0.2) is 4.98 Å². The third kappa shape index (κ3) is 2.33. The molecule has 0 fully saturated rings. The van der Waals surface area contributed by atoms with Crippen molar-refractivity contribution in [3.63, 3.8) is 0 Å². The summed E-state index contributed by atoms with van der Waals surface area (Å²) in [7, 11) is 0. The van der Waals surface area contributed by atoms with Gasteiger partial charge in [0.05, 0.1) is 9.50 Å². The molecule has 0 aliphatic carbocycles. The standard InChI is InChI=1S/C11H6BrClFNO/c12-7-6-15-5-4-9(7)16-10-3-1-2-8(13)11(10)14/h1-6H. The average molecular weight is 303 g/mol. The Labute approximate surface area is 105 Å². The van der Waals surface area contributed by atoms with Crippen LogP contribution in [-0.2, 0) is 0 Å². The Bertz CT molecular complexity index is 521. The molecule has 0 amide bonds. The molecule has 0 aliphatic heterocycles. The maximum Gasteiger partial charge on any atom is 0.184 e. The van der Waals surface area contributed by atoms with Crippen molar-refractivity contribution in [1.82, 2.24) is 4.98 Å². The van der Waals surface area contributed by atoms with Crippen molar-refractivity contribution >= 4 is 27.5 Å². The highest BCUT2D eigenvalue weighted by Gasteiger charge is 2.09. The fraction of sp³-hybridized carbons (Fsp3) is 0. The SMILES string of the molecule is Fc1c(Cl)cccc1Oc1ccncc1Br. The molecule has 0 unspecified atom stereocenters. The summed E-state index contributed by atoms with van der Waals surface area (Å²) in [5, 5.41) is 0.0303. The second-order valence-corrected chi connectivity index (χ2v) is 4.22. The first-order chi connectivity index (χ1) is 7.68. The molecule has 0 saturated carbocycles. The third-order valence-electron chi connectivity index (χ3n) is 1.87. The second-order valence-electron chi connectivity index (χ2n) is 2.96. The van der Waals surface area contributed by atoms with Crippen molar-refractivity contribution in [2.45, 2.75) is 0 Å². The number of ether oxygens (including phenoxy) is 1. The van der Waals surface area contributed by atoms with Crippen LogP contribution in [0.1, 0.15) is 0 Å². The number of hydrogen-bond donors (Lipinski definition) is 0. The molecule has 5 heteroatoms. The molecule has 2 nitrogen and oxygen atoms in total. The van der Waals surface area contributed by atoms with Crippen molar-refractivity contribution in [2.24, 2.45) is 0 Å². The normalized spacial score (nSPS) is 10.2. The van der Waals surface area contributed by atoms with Gasteiger partial charge in [0.15, 0.2) is 11.6 Å². The summed E-state index contributed by atoms with van der Waals surface area (Å²) in [6.07, 6.45) is 3.13. The highest BCUT2D eigenvalue weighted by atomic mass is 79.9. The van der Waals surface area contributed by atoms with Gasteiger partial charge in [-0.3, -0.25) is 4.98 Å². The smallest absolute Gasteiger partial charge is 0.184 e. The van der Waals surface area contributed by atoms with E-state index in [1.807, 2.05) is 0 Å². The first-order valence-electron chi connectivity index (χ1n) is 4.40. The summed E-state index contributed by atoms with van der Waals surface area (Å²) in [6.45, 7) is 0. The topological polar surface area (TPSA) is 22.1 Å². The van der Waals surface area contributed by atoms with E-state index >= 15 is 0 Å². The molecule has 16 heavy (non-hydrogen) atoms. The van der Waals surface area contributed by atoms with Crippen molar-refractivity contribution < 1.29 is 9.13 Å². The van der Waals surface area contributed by atoms with Gasteiger partial charge in [0.2, 0.25) is 0 Å². The molecular weight excluding hydrogens is 296 g/mol. The maximum absolute atomic E-state index is 13.5. The summed E-state index contributed by atoms with van der Waals surface area (Å²) in [5.41, 5.74) is 0. The summed E-state index contributed by atoms with van der Waals surface area (Å²) in [6, 6.07) is 6.22. The maximum atomic E-state index is 13.5. The third-order valence-corrected chi connectivity index (χ3v) is 2.76. The summed E-state index contributed by atoms with van der Waals surface area (Å²) < 4.78 is 19.6. The molecule has 0 aliphatic rings. The van der Waals surface area contributed by atoms with Gasteiger partial charge in [0.1, 0.15) is 5.75 Å². The molecule has 1 aromatic heterocycles. The van der Waals surface area contributed by atoms with Gasteiger partial charge in [-0.25, -0.2) is 4.39 Å². The zero-order valence-corrected chi connectivity index (χ0v) is 10.3. The monoisotopic (exact) mass is 301 g/mol. The van der Waals surface area contributed by atoms with Gasteiger partial charge in [0.25, 0.3) is 0 Å². The van der Waals surface area contributed by atoms with E-state index in [-0.39, 0.29) is 10.8 Å². The summed E-state index contributed by atoms with van der Waals surface area (Å²) in [4.78, 5) is 3.88. The zero-order valence-electron chi connectivity index (χ0n) is 7.95. The number of rotatable bonds is 2. The van der Waals surface area contributed by atoms with Crippen molar-refractivity contribution in [3.8, 4) is 11.5 Å². The minimum absolute atomic E-state index is 0.0303. The molecule has 2 rings (SSSR count). The van der Waals surface area contributed by atoms with E-state index in [0.717, 1.165) is 0 Å². The quantitative estimate of drug-likeness (QED) is 0.819. The van der Waals surface area contributed by atoms with E-state index in [1.54, 1.807) is 24.5 Å². The summed E-state index contributed by atoms with van der Waals surface area (Å²) >= 11 is 8.89. The van der Waals surface area contributed by atoms with E-state index in [1.165, 1.54) is 12.1 Å². The van der Waals surface area contributed by atoms with E-state index in [4.69, 9.17) is 16.3 Å². The number of nitrogens with zero attached hydrogens (tertiary/aromatic N) is 1. The Morgan fingerprint density at radius 3 is 2.81 bits per heavy atom. The Balaban J connectivity index is 2.35. The molecule has 1 heterocycles. The van der Waals surface area contributed by atoms with Crippen LogP contribution in [0.3, 0.4) is 0 Å². The van der Waals surface area contributed by atoms with Gasteiger partial charge in [-0.05, 0) is 28.1 Å². The van der Waals surface area contributed by atoms with Gasteiger partial charge in [0, 0.05) is 18.5 Å². The van der Waals surface area contributed by atoms with Gasteiger partial charge >= 0.3 is 0 Å². The molecule has 0 bridgehead atoms. The predicted octanol–water partition coefficient (Wildman–Crippen LogP) is 4.43. The molecule has 0 N–H and O–H groups in total. The number of aromatic nitrogens is 1. The lowest BCUT2D eigenvalue weighted by Crippen LogP contribution is -1.90. The van der Waals surface area contributed by atoms with Crippen LogP contribution in [0.5, 0.6) is 11.5 Å². The highest BCUT2D eigenvalue weighted by Crippen LogP contribution is 2.32. The molecule has 0 spiro atoms. The Hall–Kier alpha value is -1.13. The molecule has 1 aromatic carbocycles. The lowest BCUT2D eigenvalue weighted by Gasteiger charge is -2.08. The Morgan fingerprint density at radius 2 is 2.06 bits per heavy atom. The largest absolute Gasteiger partial charge is 0.453 e. The fourth-order valence-electron chi connectivity index (χ4n) is 1.13. The summed E-state index contributed by atoms with van der Waals surface area (Å²) in [5.74, 6) is -0.0107. The van der Waals surface area contributed by atoms with Crippen molar-refractivity contribution in [2.75, 3.05) is 0 Å². The highest BCUT2D eigenvalue weighted by molar-refractivity contribution is 9.10. The van der Waals surface area contributed by atoms with E-state index < -0.39 is 5.82 Å². The second kappa shape index (κ2) is 4.80. The van der Waals surface area contributed by atoms with Gasteiger partial charge in [-0.1, -0.05) is 17.7 Å². The minimum atomic E-state index is -0.576. The van der Waals surface area contributed by atoms with E-state index in [9.17, 15) is 4.39 Å². The molecular formula is C11H6BrClFNO. The van der Waals surface area contributed by atoms with Crippen LogP contribution in [0.25, 0.3) is 0 Å². The van der Waals surface area contributed by atoms with Crippen LogP contribution >= 0.6 is 27.5 Å². The van der Waals surface area contributed by atoms with Crippen LogP contribution in [0.4, 0.5) is 4.39 Å². The number of hydrogen-bond acceptors (Lipinski definition) is 2. The molecule has 82 valence electrons.